The van der Waals surface area contributed by atoms with Gasteiger partial charge in [0.05, 0.1) is 15.4 Å². The summed E-state index contributed by atoms with van der Waals surface area (Å²) in [5.41, 5.74) is 3.19. The predicted molar refractivity (Wildman–Crippen MR) is 153 cm³/mol. The van der Waals surface area contributed by atoms with Gasteiger partial charge in [-0.25, -0.2) is 4.98 Å². The first-order valence-corrected chi connectivity index (χ1v) is 13.2. The molecule has 192 valence electrons. The largest absolute Gasteiger partial charge is 0.382 e. The molecule has 1 saturated carbocycles. The highest BCUT2D eigenvalue weighted by Crippen LogP contribution is 2.33. The lowest BCUT2D eigenvalue weighted by Gasteiger charge is -2.33. The van der Waals surface area contributed by atoms with Crippen LogP contribution in [0.2, 0.25) is 10.0 Å². The van der Waals surface area contributed by atoms with Crippen LogP contribution in [-0.2, 0) is 7.05 Å². The van der Waals surface area contributed by atoms with Crippen LogP contribution in [0, 0.1) is 0 Å². The molecule has 2 heterocycles. The van der Waals surface area contributed by atoms with E-state index in [1.165, 1.54) is 25.7 Å². The van der Waals surface area contributed by atoms with Gasteiger partial charge in [-0.3, -0.25) is 4.79 Å². The average molecular weight is 537 g/mol. The van der Waals surface area contributed by atoms with E-state index in [0.29, 0.717) is 50.2 Å². The standard InChI is InChI=1S/C28H30Cl2N6O/c1-35(2)20-13-11-18(12-14-20)32-17-7-9-19(10-8-17)33-28-31-15-21-26(37)22(16-36(3)27(21)34-28)25-23(29)5-4-6-24(25)30/h4-10,15-16,18,20,32H,11-14H2,1-3H3,(H,31,33,34)/t18-,20+. The second-order valence-corrected chi connectivity index (χ2v) is 10.6. The number of hydrogen-bond acceptors (Lipinski definition) is 6. The summed E-state index contributed by atoms with van der Waals surface area (Å²) in [6.07, 6.45) is 8.05. The third-order valence-corrected chi connectivity index (χ3v) is 7.72. The molecule has 0 aliphatic heterocycles. The van der Waals surface area contributed by atoms with Crippen LogP contribution in [0.3, 0.4) is 0 Å². The average Bonchev–Trinajstić information content (AvgIpc) is 2.88. The second kappa shape index (κ2) is 10.7. The van der Waals surface area contributed by atoms with Gasteiger partial charge in [-0.2, -0.15) is 4.98 Å². The van der Waals surface area contributed by atoms with Gasteiger partial charge in [0.1, 0.15) is 5.65 Å². The lowest BCUT2D eigenvalue weighted by atomic mass is 9.90. The molecule has 7 nitrogen and oxygen atoms in total. The molecule has 5 rings (SSSR count). The smallest absolute Gasteiger partial charge is 0.229 e. The van der Waals surface area contributed by atoms with E-state index in [1.807, 2.05) is 19.2 Å². The van der Waals surface area contributed by atoms with Gasteiger partial charge >= 0.3 is 0 Å². The van der Waals surface area contributed by atoms with Gasteiger partial charge in [0.2, 0.25) is 11.4 Å². The Morgan fingerprint density at radius 2 is 1.62 bits per heavy atom. The Hall–Kier alpha value is -3.13. The molecule has 2 aromatic heterocycles. The van der Waals surface area contributed by atoms with Gasteiger partial charge in [0.25, 0.3) is 0 Å². The molecule has 0 amide bonds. The Balaban J connectivity index is 1.32. The van der Waals surface area contributed by atoms with E-state index in [4.69, 9.17) is 23.2 Å². The Bertz CT molecular complexity index is 1460. The zero-order valence-corrected chi connectivity index (χ0v) is 22.6. The highest BCUT2D eigenvalue weighted by Gasteiger charge is 2.22. The van der Waals surface area contributed by atoms with Gasteiger partial charge in [0.15, 0.2) is 0 Å². The Kier molecular flexibility index (Phi) is 7.38. The molecule has 37 heavy (non-hydrogen) atoms. The van der Waals surface area contributed by atoms with Crippen molar-refractivity contribution < 1.29 is 0 Å². The van der Waals surface area contributed by atoms with Crippen LogP contribution in [0.25, 0.3) is 22.2 Å². The number of rotatable bonds is 6. The zero-order chi connectivity index (χ0) is 26.1. The Labute approximate surface area is 226 Å². The fraction of sp³-hybridized carbons (Fsp3) is 0.321. The molecule has 2 N–H and O–H groups in total. The number of nitrogens with zero attached hydrogens (tertiary/aromatic N) is 4. The molecule has 0 unspecified atom stereocenters. The highest BCUT2D eigenvalue weighted by atomic mass is 35.5. The molecule has 1 fully saturated rings. The highest BCUT2D eigenvalue weighted by molar-refractivity contribution is 6.39. The molecule has 1 aliphatic carbocycles. The molecule has 2 aromatic carbocycles. The number of pyridine rings is 1. The van der Waals surface area contributed by atoms with Crippen molar-refractivity contribution >= 4 is 51.6 Å². The van der Waals surface area contributed by atoms with Crippen molar-refractivity contribution in [1.29, 1.82) is 0 Å². The Morgan fingerprint density at radius 3 is 2.27 bits per heavy atom. The minimum absolute atomic E-state index is 0.218. The first kappa shape index (κ1) is 25.5. The molecule has 1 aliphatic rings. The summed E-state index contributed by atoms with van der Waals surface area (Å²) in [5.74, 6) is 0.411. The van der Waals surface area contributed by atoms with Crippen LogP contribution >= 0.6 is 23.2 Å². The van der Waals surface area contributed by atoms with Crippen molar-refractivity contribution in [3.05, 3.63) is 75.1 Å². The number of hydrogen-bond donors (Lipinski definition) is 2. The number of benzene rings is 2. The first-order valence-electron chi connectivity index (χ1n) is 12.4. The summed E-state index contributed by atoms with van der Waals surface area (Å²) < 4.78 is 1.79. The normalized spacial score (nSPS) is 17.8. The van der Waals surface area contributed by atoms with Crippen LogP contribution in [0.5, 0.6) is 0 Å². The lowest BCUT2D eigenvalue weighted by molar-refractivity contribution is 0.221. The zero-order valence-electron chi connectivity index (χ0n) is 21.1. The topological polar surface area (TPSA) is 75.1 Å². The van der Waals surface area contributed by atoms with Crippen LogP contribution < -0.4 is 16.1 Å². The van der Waals surface area contributed by atoms with Gasteiger partial charge < -0.3 is 20.1 Å². The maximum absolute atomic E-state index is 13.3. The van der Waals surface area contributed by atoms with Crippen molar-refractivity contribution in [2.75, 3.05) is 24.7 Å². The number of anilines is 3. The fourth-order valence-corrected chi connectivity index (χ4v) is 5.61. The third kappa shape index (κ3) is 5.44. The number of aryl methyl sites for hydroxylation is 1. The molecular weight excluding hydrogens is 507 g/mol. The van der Waals surface area contributed by atoms with E-state index in [0.717, 1.165) is 11.4 Å². The number of nitrogens with one attached hydrogen (secondary N) is 2. The SMILES string of the molecule is Cn1cc(-c2c(Cl)cccc2Cl)c(=O)c2cnc(Nc3ccc(N[C@H]4CC[C@@H](N(C)C)CC4)cc3)nc21. The number of halogens is 2. The summed E-state index contributed by atoms with van der Waals surface area (Å²) >= 11 is 12.7. The lowest BCUT2D eigenvalue weighted by Crippen LogP contribution is -2.36. The minimum Gasteiger partial charge on any atom is -0.382 e. The van der Waals surface area contributed by atoms with Crippen LogP contribution in [0.4, 0.5) is 17.3 Å². The summed E-state index contributed by atoms with van der Waals surface area (Å²) in [7, 11) is 6.16. The maximum Gasteiger partial charge on any atom is 0.229 e. The van der Waals surface area contributed by atoms with Crippen LogP contribution in [0.1, 0.15) is 25.7 Å². The number of aromatic nitrogens is 3. The third-order valence-electron chi connectivity index (χ3n) is 7.09. The van der Waals surface area contributed by atoms with Crippen LogP contribution in [-0.4, -0.2) is 45.6 Å². The summed E-state index contributed by atoms with van der Waals surface area (Å²) in [6.45, 7) is 0. The van der Waals surface area contributed by atoms with Gasteiger partial charge in [-0.15, -0.1) is 0 Å². The van der Waals surface area contributed by atoms with Crippen molar-refractivity contribution in [2.24, 2.45) is 7.05 Å². The molecule has 0 saturated heterocycles. The van der Waals surface area contributed by atoms with Gasteiger partial charge in [-0.05, 0) is 76.2 Å². The number of fused-ring (bicyclic) bond motifs is 1. The molecule has 0 atom stereocenters. The molecule has 0 bridgehead atoms. The van der Waals surface area contributed by atoms with E-state index in [-0.39, 0.29) is 5.43 Å². The van der Waals surface area contributed by atoms with E-state index in [1.54, 1.807) is 35.2 Å². The van der Waals surface area contributed by atoms with Crippen molar-refractivity contribution in [3.63, 3.8) is 0 Å². The van der Waals surface area contributed by atoms with E-state index < -0.39 is 0 Å². The fourth-order valence-electron chi connectivity index (χ4n) is 5.00. The van der Waals surface area contributed by atoms with E-state index in [2.05, 4.69) is 51.7 Å². The monoisotopic (exact) mass is 536 g/mol. The second-order valence-electron chi connectivity index (χ2n) is 9.83. The predicted octanol–water partition coefficient (Wildman–Crippen LogP) is 6.33. The molecule has 4 aromatic rings. The summed E-state index contributed by atoms with van der Waals surface area (Å²) in [6, 6.07) is 14.5. The summed E-state index contributed by atoms with van der Waals surface area (Å²) in [4.78, 5) is 24.6. The van der Waals surface area contributed by atoms with Crippen molar-refractivity contribution in [2.45, 2.75) is 37.8 Å². The van der Waals surface area contributed by atoms with Crippen molar-refractivity contribution in [3.8, 4) is 11.1 Å². The van der Waals surface area contributed by atoms with Gasteiger partial charge in [0, 0.05) is 54.0 Å². The first-order chi connectivity index (χ1) is 17.8. The quantitative estimate of drug-likeness (QED) is 0.300. The van der Waals surface area contributed by atoms with E-state index >= 15 is 0 Å². The molecule has 9 heteroatoms. The van der Waals surface area contributed by atoms with Crippen molar-refractivity contribution in [1.82, 2.24) is 19.4 Å². The molecule has 0 radical (unpaired) electrons. The van der Waals surface area contributed by atoms with Gasteiger partial charge in [-0.1, -0.05) is 29.3 Å². The van der Waals surface area contributed by atoms with E-state index in [9.17, 15) is 4.79 Å². The summed E-state index contributed by atoms with van der Waals surface area (Å²) in [5, 5.41) is 8.14. The maximum atomic E-state index is 13.3. The molecule has 0 spiro atoms. The Morgan fingerprint density at radius 1 is 0.973 bits per heavy atom. The molecular formula is C28H30Cl2N6O. The van der Waals surface area contributed by atoms with Crippen LogP contribution in [0.15, 0.2) is 59.7 Å². The minimum atomic E-state index is -0.218.